The number of hydrogen-bond donors (Lipinski definition) is 1. The molecule has 20 heavy (non-hydrogen) atoms. The maximum absolute atomic E-state index is 5.60. The van der Waals surface area contributed by atoms with Crippen molar-refractivity contribution in [2.24, 2.45) is 0 Å². The molecule has 0 bridgehead atoms. The predicted octanol–water partition coefficient (Wildman–Crippen LogP) is 3.72. The maximum atomic E-state index is 5.60. The highest BCUT2D eigenvalue weighted by molar-refractivity contribution is 7.99. The van der Waals surface area contributed by atoms with Gasteiger partial charge in [0.2, 0.25) is 0 Å². The van der Waals surface area contributed by atoms with Crippen LogP contribution in [-0.2, 0) is 6.54 Å². The number of para-hydroxylation sites is 1. The Hall–Kier alpha value is -0.870. The van der Waals surface area contributed by atoms with E-state index in [0.717, 1.165) is 23.6 Å². The van der Waals surface area contributed by atoms with Crippen molar-refractivity contribution in [2.45, 2.75) is 39.8 Å². The van der Waals surface area contributed by atoms with Gasteiger partial charge in [0.25, 0.3) is 0 Å². The second kappa shape index (κ2) is 9.94. The number of nitrogens with one attached hydrogen (secondary N) is 1. The van der Waals surface area contributed by atoms with Crippen molar-refractivity contribution in [3.8, 4) is 11.5 Å². The number of rotatable bonds is 10. The minimum absolute atomic E-state index is 0.509. The van der Waals surface area contributed by atoms with Gasteiger partial charge in [0.15, 0.2) is 11.5 Å². The summed E-state index contributed by atoms with van der Waals surface area (Å²) in [5, 5.41) is 3.55. The van der Waals surface area contributed by atoms with Crippen LogP contribution in [-0.4, -0.2) is 31.3 Å². The SMILES string of the molecule is CCOc1cccc(CNC(C)CCSCC)c1OC. The van der Waals surface area contributed by atoms with Gasteiger partial charge in [-0.2, -0.15) is 11.8 Å². The minimum atomic E-state index is 0.509. The molecular formula is C16H27NO2S. The van der Waals surface area contributed by atoms with E-state index in [1.807, 2.05) is 30.8 Å². The molecule has 0 aromatic heterocycles. The van der Waals surface area contributed by atoms with Crippen molar-refractivity contribution >= 4 is 11.8 Å². The van der Waals surface area contributed by atoms with E-state index in [1.165, 1.54) is 17.9 Å². The normalized spacial score (nSPS) is 12.2. The van der Waals surface area contributed by atoms with Crippen molar-refractivity contribution < 1.29 is 9.47 Å². The van der Waals surface area contributed by atoms with E-state index in [1.54, 1.807) is 7.11 Å². The average Bonchev–Trinajstić information content (AvgIpc) is 2.46. The first-order valence-electron chi connectivity index (χ1n) is 7.32. The lowest BCUT2D eigenvalue weighted by Crippen LogP contribution is -2.26. The van der Waals surface area contributed by atoms with Gasteiger partial charge in [0.05, 0.1) is 13.7 Å². The second-order valence-electron chi connectivity index (χ2n) is 4.65. The first-order chi connectivity index (χ1) is 9.72. The molecule has 4 heteroatoms. The third-order valence-corrected chi connectivity index (χ3v) is 4.04. The third-order valence-electron chi connectivity index (χ3n) is 3.10. The van der Waals surface area contributed by atoms with Crippen molar-refractivity contribution in [1.82, 2.24) is 5.32 Å². The molecule has 0 fully saturated rings. The second-order valence-corrected chi connectivity index (χ2v) is 6.04. The first kappa shape index (κ1) is 17.2. The van der Waals surface area contributed by atoms with Gasteiger partial charge in [-0.1, -0.05) is 19.1 Å². The zero-order valence-electron chi connectivity index (χ0n) is 13.1. The lowest BCUT2D eigenvalue weighted by molar-refractivity contribution is 0.308. The van der Waals surface area contributed by atoms with Crippen LogP contribution >= 0.6 is 11.8 Å². The smallest absolute Gasteiger partial charge is 0.165 e. The Balaban J connectivity index is 2.56. The molecule has 1 unspecified atom stereocenters. The maximum Gasteiger partial charge on any atom is 0.165 e. The standard InChI is InChI=1S/C16H27NO2S/c1-5-19-15-9-7-8-14(16(15)18-4)12-17-13(3)10-11-20-6-2/h7-9,13,17H,5-6,10-12H2,1-4H3. The lowest BCUT2D eigenvalue weighted by atomic mass is 10.1. The Morgan fingerprint density at radius 1 is 1.30 bits per heavy atom. The summed E-state index contributed by atoms with van der Waals surface area (Å²) in [5.41, 5.74) is 1.15. The van der Waals surface area contributed by atoms with Crippen molar-refractivity contribution in [1.29, 1.82) is 0 Å². The van der Waals surface area contributed by atoms with Crippen LogP contribution in [0.2, 0.25) is 0 Å². The summed E-state index contributed by atoms with van der Waals surface area (Å²) in [4.78, 5) is 0. The lowest BCUT2D eigenvalue weighted by Gasteiger charge is -2.17. The molecule has 3 nitrogen and oxygen atoms in total. The van der Waals surface area contributed by atoms with Crippen molar-refractivity contribution in [2.75, 3.05) is 25.2 Å². The number of methoxy groups -OCH3 is 1. The van der Waals surface area contributed by atoms with E-state index in [2.05, 4.69) is 25.2 Å². The van der Waals surface area contributed by atoms with Crippen LogP contribution < -0.4 is 14.8 Å². The highest BCUT2D eigenvalue weighted by Gasteiger charge is 2.10. The van der Waals surface area contributed by atoms with Crippen LogP contribution in [0.4, 0.5) is 0 Å². The Morgan fingerprint density at radius 3 is 2.75 bits per heavy atom. The first-order valence-corrected chi connectivity index (χ1v) is 8.48. The number of thioether (sulfide) groups is 1. The largest absolute Gasteiger partial charge is 0.493 e. The summed E-state index contributed by atoms with van der Waals surface area (Å²) in [6, 6.07) is 6.56. The van der Waals surface area contributed by atoms with Crippen LogP contribution in [0.1, 0.15) is 32.8 Å². The number of hydrogen-bond acceptors (Lipinski definition) is 4. The van der Waals surface area contributed by atoms with Gasteiger partial charge in [-0.3, -0.25) is 0 Å². The fourth-order valence-electron chi connectivity index (χ4n) is 1.99. The molecule has 1 aromatic carbocycles. The molecule has 0 saturated heterocycles. The fourth-order valence-corrected chi connectivity index (χ4v) is 2.80. The summed E-state index contributed by atoms with van der Waals surface area (Å²) in [5.74, 6) is 4.07. The van der Waals surface area contributed by atoms with E-state index in [0.29, 0.717) is 12.6 Å². The molecule has 0 aliphatic heterocycles. The van der Waals surface area contributed by atoms with Crippen LogP contribution in [0.3, 0.4) is 0 Å². The predicted molar refractivity (Wildman–Crippen MR) is 88.1 cm³/mol. The topological polar surface area (TPSA) is 30.5 Å². The van der Waals surface area contributed by atoms with Crippen LogP contribution in [0.15, 0.2) is 18.2 Å². The molecule has 0 spiro atoms. The molecule has 0 radical (unpaired) electrons. The van der Waals surface area contributed by atoms with E-state index in [4.69, 9.17) is 9.47 Å². The molecule has 0 aliphatic rings. The summed E-state index contributed by atoms with van der Waals surface area (Å²) in [6.45, 7) is 7.87. The highest BCUT2D eigenvalue weighted by atomic mass is 32.2. The van der Waals surface area contributed by atoms with Gasteiger partial charge < -0.3 is 14.8 Å². The van der Waals surface area contributed by atoms with Crippen LogP contribution in [0.5, 0.6) is 11.5 Å². The number of benzene rings is 1. The van der Waals surface area contributed by atoms with Gasteiger partial charge in [0, 0.05) is 18.2 Å². The Labute approximate surface area is 127 Å². The molecular weight excluding hydrogens is 270 g/mol. The van der Waals surface area contributed by atoms with E-state index in [9.17, 15) is 0 Å². The zero-order valence-corrected chi connectivity index (χ0v) is 13.9. The third kappa shape index (κ3) is 5.63. The van der Waals surface area contributed by atoms with Gasteiger partial charge in [-0.25, -0.2) is 0 Å². The van der Waals surface area contributed by atoms with Crippen LogP contribution in [0.25, 0.3) is 0 Å². The van der Waals surface area contributed by atoms with Gasteiger partial charge >= 0.3 is 0 Å². The fraction of sp³-hybridized carbons (Fsp3) is 0.625. The molecule has 1 atom stereocenters. The average molecular weight is 297 g/mol. The molecule has 0 aliphatic carbocycles. The summed E-state index contributed by atoms with van der Waals surface area (Å²) < 4.78 is 11.1. The van der Waals surface area contributed by atoms with Crippen molar-refractivity contribution in [3.05, 3.63) is 23.8 Å². The Bertz CT molecular complexity index is 385. The molecule has 1 rings (SSSR count). The minimum Gasteiger partial charge on any atom is -0.493 e. The summed E-state index contributed by atoms with van der Waals surface area (Å²) in [6.07, 6.45) is 1.19. The molecule has 0 amide bonds. The zero-order chi connectivity index (χ0) is 14.8. The molecule has 0 saturated carbocycles. The Morgan fingerprint density at radius 2 is 2.10 bits per heavy atom. The monoisotopic (exact) mass is 297 g/mol. The Kier molecular flexibility index (Phi) is 8.54. The van der Waals surface area contributed by atoms with Crippen LogP contribution in [0, 0.1) is 0 Å². The van der Waals surface area contributed by atoms with Gasteiger partial charge in [0.1, 0.15) is 0 Å². The quantitative estimate of drug-likeness (QED) is 0.667. The molecule has 0 heterocycles. The van der Waals surface area contributed by atoms with E-state index < -0.39 is 0 Å². The molecule has 1 aromatic rings. The van der Waals surface area contributed by atoms with Crippen molar-refractivity contribution in [3.63, 3.8) is 0 Å². The van der Waals surface area contributed by atoms with Gasteiger partial charge in [-0.05, 0) is 37.8 Å². The summed E-state index contributed by atoms with van der Waals surface area (Å²) >= 11 is 1.99. The molecule has 114 valence electrons. The number of ether oxygens (including phenoxy) is 2. The molecule has 1 N–H and O–H groups in total. The summed E-state index contributed by atoms with van der Waals surface area (Å²) in [7, 11) is 1.70. The highest BCUT2D eigenvalue weighted by Crippen LogP contribution is 2.31. The van der Waals surface area contributed by atoms with Gasteiger partial charge in [-0.15, -0.1) is 0 Å². The van der Waals surface area contributed by atoms with E-state index >= 15 is 0 Å². The van der Waals surface area contributed by atoms with E-state index in [-0.39, 0.29) is 0 Å².